The van der Waals surface area contributed by atoms with E-state index >= 15 is 0 Å². The van der Waals surface area contributed by atoms with Gasteiger partial charge in [-0.2, -0.15) is 0 Å². The molecule has 1 aromatic carbocycles. The molecule has 0 aliphatic heterocycles. The molecule has 0 aromatic heterocycles. The summed E-state index contributed by atoms with van der Waals surface area (Å²) in [5.74, 6) is 1.08. The molecule has 0 N–H and O–H groups in total. The van der Waals surface area contributed by atoms with Gasteiger partial charge in [0, 0.05) is 0 Å². The Morgan fingerprint density at radius 2 is 1.59 bits per heavy atom. The molecule has 0 aliphatic rings. The first kappa shape index (κ1) is 14.9. The molecule has 17 heavy (non-hydrogen) atoms. The van der Waals surface area contributed by atoms with E-state index in [0.29, 0.717) is 0 Å². The second-order valence-electron chi connectivity index (χ2n) is 4.58. The van der Waals surface area contributed by atoms with Crippen LogP contribution in [0.2, 0.25) is 0 Å². The summed E-state index contributed by atoms with van der Waals surface area (Å²) in [6.07, 6.45) is 10.8. The van der Waals surface area contributed by atoms with E-state index in [1.165, 1.54) is 50.5 Å². The third-order valence-electron chi connectivity index (χ3n) is 3.13. The van der Waals surface area contributed by atoms with Crippen LogP contribution in [0.1, 0.15) is 57.4 Å². The number of hydrogen-bond donors (Lipinski definition) is 0. The Hall–Kier alpha value is -0.181. The van der Waals surface area contributed by atoms with Gasteiger partial charge in [0.2, 0.25) is 0 Å². The van der Waals surface area contributed by atoms with Crippen molar-refractivity contribution in [1.29, 1.82) is 0 Å². The minimum atomic E-state index is 1.08. The SMILES string of the molecule is CCCCCCCCCc1ccccc1[O][Sn]. The van der Waals surface area contributed by atoms with Crippen LogP contribution in [0.15, 0.2) is 24.3 Å². The molecular formula is C15H23OSn. The van der Waals surface area contributed by atoms with Gasteiger partial charge in [-0.15, -0.1) is 0 Å². The van der Waals surface area contributed by atoms with Crippen molar-refractivity contribution >= 4 is 22.9 Å². The summed E-state index contributed by atoms with van der Waals surface area (Å²) in [5, 5.41) is 0. The third-order valence-corrected chi connectivity index (χ3v) is 3.76. The summed E-state index contributed by atoms with van der Waals surface area (Å²) >= 11 is 1.13. The van der Waals surface area contributed by atoms with Crippen LogP contribution in [-0.2, 0) is 6.42 Å². The Kier molecular flexibility index (Phi) is 8.58. The summed E-state index contributed by atoms with van der Waals surface area (Å²) < 4.78 is 5.45. The van der Waals surface area contributed by atoms with Gasteiger partial charge in [-0.3, -0.25) is 0 Å². The Balaban J connectivity index is 2.13. The third kappa shape index (κ3) is 6.35. The Bertz CT molecular complexity index is 299. The molecule has 0 bridgehead atoms. The van der Waals surface area contributed by atoms with Crippen LogP contribution in [0.3, 0.4) is 0 Å². The van der Waals surface area contributed by atoms with Crippen molar-refractivity contribution in [3.8, 4) is 5.75 Å². The van der Waals surface area contributed by atoms with E-state index in [2.05, 4.69) is 25.1 Å². The molecule has 0 fully saturated rings. The number of benzene rings is 1. The molecule has 0 heterocycles. The minimum absolute atomic E-state index is 1.08. The van der Waals surface area contributed by atoms with Crippen molar-refractivity contribution in [2.75, 3.05) is 0 Å². The van der Waals surface area contributed by atoms with Gasteiger partial charge >= 0.3 is 120 Å². The molecule has 0 saturated heterocycles. The molecule has 0 spiro atoms. The van der Waals surface area contributed by atoms with E-state index in [0.717, 1.165) is 35.1 Å². The van der Waals surface area contributed by atoms with Gasteiger partial charge in [0.05, 0.1) is 0 Å². The van der Waals surface area contributed by atoms with Crippen molar-refractivity contribution in [2.24, 2.45) is 0 Å². The number of rotatable bonds is 9. The summed E-state index contributed by atoms with van der Waals surface area (Å²) in [5.41, 5.74) is 1.37. The van der Waals surface area contributed by atoms with Gasteiger partial charge < -0.3 is 0 Å². The maximum absolute atomic E-state index is 5.45. The van der Waals surface area contributed by atoms with Crippen LogP contribution in [0.5, 0.6) is 5.75 Å². The van der Waals surface area contributed by atoms with Gasteiger partial charge in [-0.25, -0.2) is 0 Å². The van der Waals surface area contributed by atoms with Crippen molar-refractivity contribution in [3.63, 3.8) is 0 Å². The standard InChI is InChI=1S/C15H24O.Sn/c1-2-3-4-5-6-7-8-11-14-12-9-10-13-15(14)16;/h9-10,12-13,16H,2-8,11H2,1H3;/q;+1/p-1. The fourth-order valence-corrected chi connectivity index (χ4v) is 2.65. The fourth-order valence-electron chi connectivity index (χ4n) is 2.08. The van der Waals surface area contributed by atoms with Crippen molar-refractivity contribution in [1.82, 2.24) is 0 Å². The van der Waals surface area contributed by atoms with E-state index in [1.807, 2.05) is 6.07 Å². The van der Waals surface area contributed by atoms with Crippen molar-refractivity contribution in [2.45, 2.75) is 58.3 Å². The Morgan fingerprint density at radius 3 is 2.29 bits per heavy atom. The van der Waals surface area contributed by atoms with Crippen LogP contribution in [-0.4, -0.2) is 22.9 Å². The van der Waals surface area contributed by atoms with Crippen LogP contribution in [0.25, 0.3) is 0 Å². The van der Waals surface area contributed by atoms with Gasteiger partial charge in [-0.1, -0.05) is 0 Å². The van der Waals surface area contributed by atoms with Gasteiger partial charge in [0.25, 0.3) is 0 Å². The van der Waals surface area contributed by atoms with Crippen LogP contribution in [0, 0.1) is 0 Å². The predicted octanol–water partition coefficient (Wildman–Crippen LogP) is 4.44. The average molecular weight is 338 g/mol. The molecule has 1 aromatic rings. The van der Waals surface area contributed by atoms with E-state index in [9.17, 15) is 0 Å². The Morgan fingerprint density at radius 1 is 0.941 bits per heavy atom. The molecule has 1 rings (SSSR count). The molecule has 0 amide bonds. The summed E-state index contributed by atoms with van der Waals surface area (Å²) in [7, 11) is 0. The summed E-state index contributed by atoms with van der Waals surface area (Å²) in [4.78, 5) is 0. The Labute approximate surface area is 120 Å². The first-order valence-electron chi connectivity index (χ1n) is 6.80. The second kappa shape index (κ2) is 9.81. The predicted molar refractivity (Wildman–Crippen MR) is 74.5 cm³/mol. The maximum atomic E-state index is 5.45. The zero-order valence-corrected chi connectivity index (χ0v) is 13.7. The number of aryl methyl sites for hydroxylation is 1. The number of unbranched alkanes of at least 4 members (excludes halogenated alkanes) is 6. The molecule has 0 unspecified atom stereocenters. The first-order chi connectivity index (χ1) is 8.38. The quantitative estimate of drug-likeness (QED) is 0.478. The number of para-hydroxylation sites is 1. The fraction of sp³-hybridized carbons (Fsp3) is 0.600. The van der Waals surface area contributed by atoms with Gasteiger partial charge in [-0.05, 0) is 0 Å². The molecule has 2 heteroatoms. The summed E-state index contributed by atoms with van der Waals surface area (Å²) in [6.45, 7) is 2.27. The molecular weight excluding hydrogens is 315 g/mol. The topological polar surface area (TPSA) is 9.23 Å². The normalized spacial score (nSPS) is 10.5. The number of hydrogen-bond acceptors (Lipinski definition) is 1. The van der Waals surface area contributed by atoms with E-state index in [1.54, 1.807) is 0 Å². The van der Waals surface area contributed by atoms with E-state index in [4.69, 9.17) is 3.07 Å². The van der Waals surface area contributed by atoms with Crippen LogP contribution in [0.4, 0.5) is 0 Å². The summed E-state index contributed by atoms with van der Waals surface area (Å²) in [6, 6.07) is 8.42. The van der Waals surface area contributed by atoms with E-state index in [-0.39, 0.29) is 0 Å². The van der Waals surface area contributed by atoms with Gasteiger partial charge in [0.1, 0.15) is 0 Å². The van der Waals surface area contributed by atoms with Crippen LogP contribution < -0.4 is 3.07 Å². The van der Waals surface area contributed by atoms with Crippen molar-refractivity contribution in [3.05, 3.63) is 29.8 Å². The average Bonchev–Trinajstić information content (AvgIpc) is 2.38. The molecule has 3 radical (unpaired) electrons. The molecule has 0 atom stereocenters. The van der Waals surface area contributed by atoms with Crippen molar-refractivity contribution < 1.29 is 3.07 Å². The molecule has 1 nitrogen and oxygen atoms in total. The van der Waals surface area contributed by atoms with Gasteiger partial charge in [0.15, 0.2) is 0 Å². The molecule has 0 aliphatic carbocycles. The molecule has 93 valence electrons. The zero-order valence-electron chi connectivity index (χ0n) is 10.9. The first-order valence-corrected chi connectivity index (χ1v) is 7.96. The van der Waals surface area contributed by atoms with E-state index < -0.39 is 0 Å². The molecule has 0 saturated carbocycles. The van der Waals surface area contributed by atoms with Crippen LogP contribution >= 0.6 is 0 Å². The monoisotopic (exact) mass is 339 g/mol. The second-order valence-corrected chi connectivity index (χ2v) is 5.16. The zero-order chi connectivity index (χ0) is 12.3.